The predicted octanol–water partition coefficient (Wildman–Crippen LogP) is 2.17. The number of anilines is 1. The summed E-state index contributed by atoms with van der Waals surface area (Å²) in [6, 6.07) is 6.45. The molecule has 1 rings (SSSR count). The summed E-state index contributed by atoms with van der Waals surface area (Å²) in [4.78, 5) is 11.7. The van der Waals surface area contributed by atoms with Gasteiger partial charge in [-0.05, 0) is 24.5 Å². The first-order valence-corrected chi connectivity index (χ1v) is 6.60. The van der Waals surface area contributed by atoms with Crippen LogP contribution in [-0.2, 0) is 0 Å². The zero-order chi connectivity index (χ0) is 14.8. The molecule has 0 aliphatic rings. The van der Waals surface area contributed by atoms with Crippen LogP contribution in [0.15, 0.2) is 24.3 Å². The SMILES string of the molecule is CC(CCO)CNC(=O)Nc1cccc(OCCF)c1. The lowest BCUT2D eigenvalue weighted by Crippen LogP contribution is -2.32. The fraction of sp³-hybridized carbons (Fsp3) is 0.500. The molecule has 1 atom stereocenters. The highest BCUT2D eigenvalue weighted by Crippen LogP contribution is 2.17. The second-order valence-electron chi connectivity index (χ2n) is 4.52. The normalized spacial score (nSPS) is 11.8. The summed E-state index contributed by atoms with van der Waals surface area (Å²) in [7, 11) is 0. The zero-order valence-electron chi connectivity index (χ0n) is 11.6. The summed E-state index contributed by atoms with van der Waals surface area (Å²) in [6.07, 6.45) is 0.646. The van der Waals surface area contributed by atoms with Crippen molar-refractivity contribution in [2.45, 2.75) is 13.3 Å². The summed E-state index contributed by atoms with van der Waals surface area (Å²) >= 11 is 0. The van der Waals surface area contributed by atoms with Gasteiger partial charge in [0.25, 0.3) is 0 Å². The van der Waals surface area contributed by atoms with Crippen molar-refractivity contribution in [2.24, 2.45) is 5.92 Å². The van der Waals surface area contributed by atoms with E-state index < -0.39 is 6.67 Å². The Balaban J connectivity index is 2.41. The van der Waals surface area contributed by atoms with Gasteiger partial charge in [-0.25, -0.2) is 9.18 Å². The highest BCUT2D eigenvalue weighted by molar-refractivity contribution is 5.89. The van der Waals surface area contributed by atoms with Gasteiger partial charge in [-0.1, -0.05) is 13.0 Å². The number of hydrogen-bond acceptors (Lipinski definition) is 3. The third-order valence-corrected chi connectivity index (χ3v) is 2.67. The van der Waals surface area contributed by atoms with Gasteiger partial charge in [0.15, 0.2) is 0 Å². The van der Waals surface area contributed by atoms with Crippen LogP contribution >= 0.6 is 0 Å². The molecule has 0 aliphatic heterocycles. The molecular weight excluding hydrogens is 263 g/mol. The van der Waals surface area contributed by atoms with E-state index in [4.69, 9.17) is 9.84 Å². The minimum atomic E-state index is -0.555. The Morgan fingerprint density at radius 2 is 2.30 bits per heavy atom. The smallest absolute Gasteiger partial charge is 0.319 e. The lowest BCUT2D eigenvalue weighted by atomic mass is 10.1. The largest absolute Gasteiger partial charge is 0.491 e. The van der Waals surface area contributed by atoms with Gasteiger partial charge in [0.1, 0.15) is 19.0 Å². The van der Waals surface area contributed by atoms with Crippen molar-refractivity contribution < 1.29 is 19.0 Å². The average Bonchev–Trinajstić information content (AvgIpc) is 2.44. The highest BCUT2D eigenvalue weighted by atomic mass is 19.1. The number of aliphatic hydroxyl groups is 1. The fourth-order valence-corrected chi connectivity index (χ4v) is 1.58. The molecule has 0 saturated heterocycles. The molecule has 1 aromatic carbocycles. The van der Waals surface area contributed by atoms with Gasteiger partial charge in [-0.15, -0.1) is 0 Å². The Kier molecular flexibility index (Phi) is 7.42. The first-order valence-electron chi connectivity index (χ1n) is 6.60. The average molecular weight is 284 g/mol. The van der Waals surface area contributed by atoms with Gasteiger partial charge in [-0.3, -0.25) is 0 Å². The van der Waals surface area contributed by atoms with Crippen molar-refractivity contribution in [2.75, 3.05) is 31.7 Å². The summed E-state index contributed by atoms with van der Waals surface area (Å²) < 4.78 is 17.1. The number of urea groups is 1. The van der Waals surface area contributed by atoms with E-state index in [9.17, 15) is 9.18 Å². The number of rotatable bonds is 8. The topological polar surface area (TPSA) is 70.6 Å². The van der Waals surface area contributed by atoms with E-state index in [1.807, 2.05) is 6.92 Å². The molecule has 1 unspecified atom stereocenters. The van der Waals surface area contributed by atoms with Gasteiger partial charge < -0.3 is 20.5 Å². The van der Waals surface area contributed by atoms with E-state index in [1.54, 1.807) is 24.3 Å². The highest BCUT2D eigenvalue weighted by Gasteiger charge is 2.06. The van der Waals surface area contributed by atoms with Crippen LogP contribution in [0.4, 0.5) is 14.9 Å². The molecule has 5 nitrogen and oxygen atoms in total. The Labute approximate surface area is 118 Å². The van der Waals surface area contributed by atoms with E-state index >= 15 is 0 Å². The van der Waals surface area contributed by atoms with E-state index in [0.29, 0.717) is 24.4 Å². The van der Waals surface area contributed by atoms with Crippen molar-refractivity contribution in [3.63, 3.8) is 0 Å². The lowest BCUT2D eigenvalue weighted by molar-refractivity contribution is 0.243. The summed E-state index contributed by atoms with van der Waals surface area (Å²) in [5, 5.41) is 14.2. The minimum Gasteiger partial charge on any atom is -0.491 e. The van der Waals surface area contributed by atoms with Crippen molar-refractivity contribution in [3.8, 4) is 5.75 Å². The second-order valence-corrected chi connectivity index (χ2v) is 4.52. The van der Waals surface area contributed by atoms with Crippen molar-refractivity contribution in [1.82, 2.24) is 5.32 Å². The number of hydrogen-bond donors (Lipinski definition) is 3. The molecule has 0 spiro atoms. The number of amides is 2. The van der Waals surface area contributed by atoms with E-state index in [0.717, 1.165) is 0 Å². The Hall–Kier alpha value is -1.82. The van der Waals surface area contributed by atoms with Gasteiger partial charge >= 0.3 is 6.03 Å². The van der Waals surface area contributed by atoms with Crippen LogP contribution in [0.5, 0.6) is 5.75 Å². The van der Waals surface area contributed by atoms with E-state index in [1.165, 1.54) is 0 Å². The molecule has 0 heterocycles. The third-order valence-electron chi connectivity index (χ3n) is 2.67. The van der Waals surface area contributed by atoms with Gasteiger partial charge in [-0.2, -0.15) is 0 Å². The number of aliphatic hydroxyl groups excluding tert-OH is 1. The number of benzene rings is 1. The van der Waals surface area contributed by atoms with Crippen LogP contribution < -0.4 is 15.4 Å². The molecule has 0 radical (unpaired) electrons. The van der Waals surface area contributed by atoms with E-state index in [2.05, 4.69) is 10.6 Å². The van der Waals surface area contributed by atoms with Crippen LogP contribution in [0.25, 0.3) is 0 Å². The van der Waals surface area contributed by atoms with Crippen molar-refractivity contribution >= 4 is 11.7 Å². The Bertz CT molecular complexity index is 415. The first kappa shape index (κ1) is 16.2. The molecule has 112 valence electrons. The van der Waals surface area contributed by atoms with Crippen molar-refractivity contribution in [3.05, 3.63) is 24.3 Å². The summed E-state index contributed by atoms with van der Waals surface area (Å²) in [5.74, 6) is 0.721. The van der Waals surface area contributed by atoms with Crippen LogP contribution in [0, 0.1) is 5.92 Å². The van der Waals surface area contributed by atoms with Crippen LogP contribution in [-0.4, -0.2) is 37.6 Å². The number of nitrogens with one attached hydrogen (secondary N) is 2. The minimum absolute atomic E-state index is 0.00563. The standard InChI is InChI=1S/C14H21FN2O3/c1-11(5-7-18)10-16-14(19)17-12-3-2-4-13(9-12)20-8-6-15/h2-4,9,11,18H,5-8,10H2,1H3,(H2,16,17,19). The molecule has 0 saturated carbocycles. The molecule has 0 bridgehead atoms. The third kappa shape index (κ3) is 6.38. The van der Waals surface area contributed by atoms with E-state index in [-0.39, 0.29) is 25.2 Å². The number of ether oxygens (including phenoxy) is 1. The number of carbonyl (C=O) groups excluding carboxylic acids is 1. The molecule has 0 aliphatic carbocycles. The second kappa shape index (κ2) is 9.14. The molecule has 3 N–H and O–H groups in total. The Morgan fingerprint density at radius 1 is 1.50 bits per heavy atom. The van der Waals surface area contributed by atoms with Crippen molar-refractivity contribution in [1.29, 1.82) is 0 Å². The number of halogens is 1. The first-order chi connectivity index (χ1) is 9.65. The molecule has 6 heteroatoms. The molecular formula is C14H21FN2O3. The molecule has 2 amide bonds. The molecule has 1 aromatic rings. The molecule has 20 heavy (non-hydrogen) atoms. The fourth-order valence-electron chi connectivity index (χ4n) is 1.58. The van der Waals surface area contributed by atoms with Gasteiger partial charge in [0.05, 0.1) is 0 Å². The number of carbonyl (C=O) groups is 1. The maximum atomic E-state index is 12.0. The molecule has 0 aromatic heterocycles. The quantitative estimate of drug-likeness (QED) is 0.685. The maximum absolute atomic E-state index is 12.0. The summed E-state index contributed by atoms with van der Waals surface area (Å²) in [6.45, 7) is 1.99. The van der Waals surface area contributed by atoms with Crippen LogP contribution in [0.1, 0.15) is 13.3 Å². The van der Waals surface area contributed by atoms with Crippen LogP contribution in [0.3, 0.4) is 0 Å². The predicted molar refractivity (Wildman–Crippen MR) is 75.8 cm³/mol. The van der Waals surface area contributed by atoms with Gasteiger partial charge in [0.2, 0.25) is 0 Å². The zero-order valence-corrected chi connectivity index (χ0v) is 11.6. The van der Waals surface area contributed by atoms with Crippen LogP contribution in [0.2, 0.25) is 0 Å². The van der Waals surface area contributed by atoms with Gasteiger partial charge in [0, 0.05) is 24.9 Å². The summed E-state index contributed by atoms with van der Waals surface area (Å²) in [5.41, 5.74) is 0.577. The Morgan fingerprint density at radius 3 is 3.00 bits per heavy atom. The maximum Gasteiger partial charge on any atom is 0.319 e. The lowest BCUT2D eigenvalue weighted by Gasteiger charge is -2.12. The number of alkyl halides is 1. The monoisotopic (exact) mass is 284 g/mol. The molecule has 0 fully saturated rings.